The van der Waals surface area contributed by atoms with Crippen LogP contribution in [0.3, 0.4) is 0 Å². The van der Waals surface area contributed by atoms with Crippen molar-refractivity contribution in [1.82, 2.24) is 15.1 Å². The minimum absolute atomic E-state index is 0.122. The fraction of sp³-hybridized carbons (Fsp3) is 0.273. The average molecular weight is 426 g/mol. The average Bonchev–Trinajstić information content (AvgIpc) is 2.99. The van der Waals surface area contributed by atoms with E-state index in [0.29, 0.717) is 47.6 Å². The summed E-state index contributed by atoms with van der Waals surface area (Å²) < 4.78 is 0. The topological polar surface area (TPSA) is 86.8 Å². The largest absolute Gasteiger partial charge is 0.352 e. The molecule has 0 bridgehead atoms. The van der Waals surface area contributed by atoms with Crippen LogP contribution in [0.15, 0.2) is 48.5 Å². The molecule has 30 heavy (non-hydrogen) atoms. The van der Waals surface area contributed by atoms with E-state index in [1.165, 1.54) is 0 Å². The van der Waals surface area contributed by atoms with E-state index in [1.807, 2.05) is 0 Å². The molecule has 1 N–H and O–H groups in total. The molecule has 0 aliphatic carbocycles. The van der Waals surface area contributed by atoms with Crippen molar-refractivity contribution in [2.24, 2.45) is 0 Å². The standard InChI is InChI=1S/C22H20ClN3O4/c23-18-8-4-3-7-17(18)20(28)25-11-9-14(10-12-25)24-19(27)13-26-21(29)15-5-1-2-6-16(15)22(26)30/h1-8,14H,9-13H2,(H,24,27). The van der Waals surface area contributed by atoms with Crippen molar-refractivity contribution in [2.45, 2.75) is 18.9 Å². The lowest BCUT2D eigenvalue weighted by Gasteiger charge is -2.32. The first kappa shape index (κ1) is 20.1. The van der Waals surface area contributed by atoms with Crippen molar-refractivity contribution < 1.29 is 19.2 Å². The van der Waals surface area contributed by atoms with Gasteiger partial charge in [-0.05, 0) is 37.1 Å². The molecule has 2 aliphatic rings. The second-order valence-corrected chi connectivity index (χ2v) is 7.76. The van der Waals surface area contributed by atoms with Crippen LogP contribution in [-0.4, -0.2) is 59.1 Å². The summed E-state index contributed by atoms with van der Waals surface area (Å²) in [7, 11) is 0. The third kappa shape index (κ3) is 3.80. The van der Waals surface area contributed by atoms with E-state index in [2.05, 4.69) is 5.32 Å². The molecule has 0 spiro atoms. The second kappa shape index (κ2) is 8.28. The molecule has 4 amide bonds. The van der Waals surface area contributed by atoms with Crippen LogP contribution >= 0.6 is 11.6 Å². The van der Waals surface area contributed by atoms with Crippen molar-refractivity contribution in [3.8, 4) is 0 Å². The number of rotatable bonds is 4. The second-order valence-electron chi connectivity index (χ2n) is 7.36. The number of likely N-dealkylation sites (tertiary alicyclic amines) is 1. The molecule has 4 rings (SSSR count). The zero-order valence-electron chi connectivity index (χ0n) is 16.1. The lowest BCUT2D eigenvalue weighted by Crippen LogP contribution is -2.49. The summed E-state index contributed by atoms with van der Waals surface area (Å²) in [6.45, 7) is 0.662. The van der Waals surface area contributed by atoms with Crippen LogP contribution in [0, 0.1) is 0 Å². The van der Waals surface area contributed by atoms with E-state index in [9.17, 15) is 19.2 Å². The van der Waals surface area contributed by atoms with Crippen LogP contribution < -0.4 is 5.32 Å². The molecule has 154 valence electrons. The van der Waals surface area contributed by atoms with Crippen LogP contribution in [0.1, 0.15) is 43.9 Å². The van der Waals surface area contributed by atoms with Gasteiger partial charge >= 0.3 is 0 Å². The minimum Gasteiger partial charge on any atom is -0.352 e. The Morgan fingerprint density at radius 3 is 2.10 bits per heavy atom. The maximum Gasteiger partial charge on any atom is 0.262 e. The third-order valence-electron chi connectivity index (χ3n) is 5.43. The summed E-state index contributed by atoms with van der Waals surface area (Å²) in [4.78, 5) is 52.5. The lowest BCUT2D eigenvalue weighted by atomic mass is 10.0. The summed E-state index contributed by atoms with van der Waals surface area (Å²) >= 11 is 6.11. The minimum atomic E-state index is -0.453. The summed E-state index contributed by atoms with van der Waals surface area (Å²) in [5.41, 5.74) is 1.11. The van der Waals surface area contributed by atoms with Gasteiger partial charge in [-0.1, -0.05) is 35.9 Å². The van der Waals surface area contributed by atoms with Gasteiger partial charge < -0.3 is 10.2 Å². The molecule has 2 aliphatic heterocycles. The van der Waals surface area contributed by atoms with Gasteiger partial charge in [0.05, 0.1) is 21.7 Å². The first-order valence-electron chi connectivity index (χ1n) is 9.74. The normalized spacial score (nSPS) is 16.6. The smallest absolute Gasteiger partial charge is 0.262 e. The Balaban J connectivity index is 1.30. The Hall–Kier alpha value is -3.19. The van der Waals surface area contributed by atoms with E-state index in [1.54, 1.807) is 53.4 Å². The molecule has 8 heteroatoms. The molecule has 2 aromatic carbocycles. The maximum absolute atomic E-state index is 12.6. The number of nitrogens with one attached hydrogen (secondary N) is 1. The summed E-state index contributed by atoms with van der Waals surface area (Å²) in [5, 5.41) is 3.29. The monoisotopic (exact) mass is 425 g/mol. The van der Waals surface area contributed by atoms with Crippen LogP contribution in [0.4, 0.5) is 0 Å². The summed E-state index contributed by atoms with van der Waals surface area (Å²) in [6, 6.07) is 13.3. The first-order chi connectivity index (χ1) is 14.5. The number of carbonyl (C=O) groups is 4. The molecule has 2 heterocycles. The Bertz CT molecular complexity index is 996. The maximum atomic E-state index is 12.6. The molecular formula is C22H20ClN3O4. The summed E-state index contributed by atoms with van der Waals surface area (Å²) in [6.07, 6.45) is 1.17. The van der Waals surface area contributed by atoms with Crippen molar-refractivity contribution in [2.75, 3.05) is 19.6 Å². The van der Waals surface area contributed by atoms with Gasteiger partial charge in [0.2, 0.25) is 5.91 Å². The van der Waals surface area contributed by atoms with E-state index in [4.69, 9.17) is 11.6 Å². The highest BCUT2D eigenvalue weighted by molar-refractivity contribution is 6.33. The van der Waals surface area contributed by atoms with Crippen LogP contribution in [0.5, 0.6) is 0 Å². The Labute approximate surface area is 178 Å². The highest BCUT2D eigenvalue weighted by atomic mass is 35.5. The number of hydrogen-bond acceptors (Lipinski definition) is 4. The lowest BCUT2D eigenvalue weighted by molar-refractivity contribution is -0.122. The van der Waals surface area contributed by atoms with Gasteiger partial charge in [0.25, 0.3) is 17.7 Å². The van der Waals surface area contributed by atoms with E-state index in [-0.39, 0.29) is 24.4 Å². The van der Waals surface area contributed by atoms with Crippen molar-refractivity contribution in [3.63, 3.8) is 0 Å². The number of imide groups is 1. The Kier molecular flexibility index (Phi) is 5.55. The van der Waals surface area contributed by atoms with E-state index >= 15 is 0 Å². The van der Waals surface area contributed by atoms with Crippen LogP contribution in [0.25, 0.3) is 0 Å². The fourth-order valence-electron chi connectivity index (χ4n) is 3.83. The van der Waals surface area contributed by atoms with Crippen molar-refractivity contribution in [1.29, 1.82) is 0 Å². The number of halogens is 1. The van der Waals surface area contributed by atoms with Crippen LogP contribution in [-0.2, 0) is 4.79 Å². The highest BCUT2D eigenvalue weighted by Gasteiger charge is 2.36. The van der Waals surface area contributed by atoms with Gasteiger partial charge in [0.15, 0.2) is 0 Å². The third-order valence-corrected chi connectivity index (χ3v) is 5.76. The molecule has 7 nitrogen and oxygen atoms in total. The molecule has 0 aromatic heterocycles. The molecule has 0 radical (unpaired) electrons. The predicted octanol–water partition coefficient (Wildman–Crippen LogP) is 2.36. The highest BCUT2D eigenvalue weighted by Crippen LogP contribution is 2.23. The van der Waals surface area contributed by atoms with Crippen molar-refractivity contribution in [3.05, 3.63) is 70.2 Å². The van der Waals surface area contributed by atoms with Crippen molar-refractivity contribution >= 4 is 35.2 Å². The molecular weight excluding hydrogens is 406 g/mol. The summed E-state index contributed by atoms with van der Waals surface area (Å²) in [5.74, 6) is -1.42. The Morgan fingerprint density at radius 1 is 0.933 bits per heavy atom. The van der Waals surface area contributed by atoms with E-state index in [0.717, 1.165) is 4.90 Å². The zero-order chi connectivity index (χ0) is 21.3. The predicted molar refractivity (Wildman–Crippen MR) is 110 cm³/mol. The van der Waals surface area contributed by atoms with Gasteiger partial charge in [-0.25, -0.2) is 0 Å². The van der Waals surface area contributed by atoms with E-state index < -0.39 is 11.8 Å². The molecule has 1 saturated heterocycles. The number of amides is 4. The SMILES string of the molecule is O=C(CN1C(=O)c2ccccc2C1=O)NC1CCN(C(=O)c2ccccc2Cl)CC1. The number of nitrogens with zero attached hydrogens (tertiary/aromatic N) is 2. The molecule has 1 fully saturated rings. The van der Waals surface area contributed by atoms with Gasteiger partial charge in [-0.3, -0.25) is 24.1 Å². The quantitative estimate of drug-likeness (QED) is 0.762. The van der Waals surface area contributed by atoms with Gasteiger partial charge in [0, 0.05) is 19.1 Å². The number of carbonyl (C=O) groups excluding carboxylic acids is 4. The molecule has 2 aromatic rings. The number of benzene rings is 2. The molecule has 0 saturated carbocycles. The number of piperidine rings is 1. The number of hydrogen-bond donors (Lipinski definition) is 1. The van der Waals surface area contributed by atoms with Gasteiger partial charge in [-0.15, -0.1) is 0 Å². The van der Waals surface area contributed by atoms with Crippen LogP contribution in [0.2, 0.25) is 5.02 Å². The number of fused-ring (bicyclic) bond motifs is 1. The molecule has 0 unspecified atom stereocenters. The first-order valence-corrected chi connectivity index (χ1v) is 10.1. The van der Waals surface area contributed by atoms with Gasteiger partial charge in [0.1, 0.15) is 6.54 Å². The fourth-order valence-corrected chi connectivity index (χ4v) is 4.05. The zero-order valence-corrected chi connectivity index (χ0v) is 16.9. The molecule has 0 atom stereocenters. The van der Waals surface area contributed by atoms with Gasteiger partial charge in [-0.2, -0.15) is 0 Å². The Morgan fingerprint density at radius 2 is 1.50 bits per heavy atom.